The molecule has 2 N–H and O–H groups in total. The molecule has 1 aliphatic rings. The Morgan fingerprint density at radius 1 is 1.27 bits per heavy atom. The average Bonchev–Trinajstić information content (AvgIpc) is 3.53. The molecule has 0 unspecified atom stereocenters. The zero-order valence-electron chi connectivity index (χ0n) is 19.2. The van der Waals surface area contributed by atoms with Crippen molar-refractivity contribution < 1.29 is 4.79 Å². The number of anilines is 2. The van der Waals surface area contributed by atoms with Crippen LogP contribution in [0.3, 0.4) is 0 Å². The number of carbonyl (C=O) groups is 1. The number of likely N-dealkylation sites (tertiary alicyclic amines) is 1. The minimum absolute atomic E-state index is 0.0217. The Morgan fingerprint density at radius 3 is 3.00 bits per heavy atom. The van der Waals surface area contributed by atoms with E-state index in [1.807, 2.05) is 49.2 Å². The van der Waals surface area contributed by atoms with Crippen molar-refractivity contribution in [2.75, 3.05) is 18.4 Å². The van der Waals surface area contributed by atoms with Crippen LogP contribution in [-0.4, -0.2) is 44.1 Å². The lowest BCUT2D eigenvalue weighted by molar-refractivity contribution is 0.0786. The molecule has 4 heterocycles. The molecule has 170 valence electrons. The van der Waals surface area contributed by atoms with Gasteiger partial charge in [0.25, 0.3) is 5.91 Å². The minimum Gasteiger partial charge on any atom is -0.337 e. The van der Waals surface area contributed by atoms with Gasteiger partial charge in [0.2, 0.25) is 0 Å². The van der Waals surface area contributed by atoms with Crippen molar-refractivity contribution in [3.8, 4) is 0 Å². The van der Waals surface area contributed by atoms with E-state index in [0.29, 0.717) is 18.8 Å². The molecule has 33 heavy (non-hydrogen) atoms. The third-order valence-corrected chi connectivity index (χ3v) is 7.06. The van der Waals surface area contributed by atoms with E-state index in [2.05, 4.69) is 33.5 Å². The predicted molar refractivity (Wildman–Crippen MR) is 132 cm³/mol. The van der Waals surface area contributed by atoms with Crippen molar-refractivity contribution in [1.82, 2.24) is 25.1 Å². The number of fused-ring (bicyclic) bond motifs is 1. The number of H-pyrrole nitrogens is 1. The minimum atomic E-state index is -0.0217. The van der Waals surface area contributed by atoms with Crippen LogP contribution in [0.4, 0.5) is 10.8 Å². The van der Waals surface area contributed by atoms with Gasteiger partial charge in [-0.3, -0.25) is 14.9 Å². The molecule has 0 aliphatic carbocycles. The largest absolute Gasteiger partial charge is 0.337 e. The van der Waals surface area contributed by atoms with Crippen LogP contribution in [0.1, 0.15) is 58.0 Å². The van der Waals surface area contributed by atoms with Gasteiger partial charge < -0.3 is 10.2 Å². The average molecular weight is 461 g/mol. The number of thiazole rings is 1. The summed E-state index contributed by atoms with van der Waals surface area (Å²) in [6, 6.07) is 10.1. The fourth-order valence-electron chi connectivity index (χ4n) is 4.45. The van der Waals surface area contributed by atoms with E-state index < -0.39 is 0 Å². The zero-order valence-corrected chi connectivity index (χ0v) is 20.0. The highest BCUT2D eigenvalue weighted by Crippen LogP contribution is 2.31. The van der Waals surface area contributed by atoms with Crippen molar-refractivity contribution >= 4 is 39.0 Å². The SMILES string of the molecule is CCCc1cnc(Nc2cc(C)nc([C@H]3CCN(C(=O)c4n[nH]c5ccc(C)cc45)C3)c2)s1. The van der Waals surface area contributed by atoms with Gasteiger partial charge in [0.1, 0.15) is 0 Å². The van der Waals surface area contributed by atoms with Crippen LogP contribution >= 0.6 is 11.3 Å². The molecule has 0 radical (unpaired) electrons. The van der Waals surface area contributed by atoms with Gasteiger partial charge in [-0.25, -0.2) is 4.98 Å². The molecule has 1 aliphatic heterocycles. The molecule has 0 bridgehead atoms. The van der Waals surface area contributed by atoms with E-state index in [9.17, 15) is 4.79 Å². The molecule has 7 nitrogen and oxygen atoms in total. The quantitative estimate of drug-likeness (QED) is 0.405. The molecular formula is C25H28N6OS. The summed E-state index contributed by atoms with van der Waals surface area (Å²) in [6.45, 7) is 7.56. The first-order valence-corrected chi connectivity index (χ1v) is 12.3. The summed E-state index contributed by atoms with van der Waals surface area (Å²) in [6.07, 6.45) is 5.01. The highest BCUT2D eigenvalue weighted by atomic mass is 32.1. The predicted octanol–water partition coefficient (Wildman–Crippen LogP) is 5.36. The van der Waals surface area contributed by atoms with Gasteiger partial charge in [-0.15, -0.1) is 11.3 Å². The third kappa shape index (κ3) is 4.48. The maximum absolute atomic E-state index is 13.2. The molecule has 4 aromatic rings. The molecule has 1 fully saturated rings. The molecule has 1 saturated heterocycles. The zero-order chi connectivity index (χ0) is 22.9. The van der Waals surface area contributed by atoms with Crippen LogP contribution in [0.2, 0.25) is 0 Å². The van der Waals surface area contributed by atoms with Crippen molar-refractivity contribution in [2.45, 2.75) is 46.0 Å². The van der Waals surface area contributed by atoms with Gasteiger partial charge in [-0.2, -0.15) is 5.10 Å². The summed E-state index contributed by atoms with van der Waals surface area (Å²) in [4.78, 5) is 25.7. The number of hydrogen-bond acceptors (Lipinski definition) is 6. The van der Waals surface area contributed by atoms with E-state index in [1.165, 1.54) is 4.88 Å². The van der Waals surface area contributed by atoms with Gasteiger partial charge >= 0.3 is 0 Å². The molecule has 1 atom stereocenters. The first-order chi connectivity index (χ1) is 16.0. The summed E-state index contributed by atoms with van der Waals surface area (Å²) in [5, 5.41) is 12.5. The summed E-state index contributed by atoms with van der Waals surface area (Å²) in [7, 11) is 0. The second-order valence-corrected chi connectivity index (χ2v) is 9.90. The van der Waals surface area contributed by atoms with Gasteiger partial charge in [-0.05, 0) is 51.0 Å². The Hall–Kier alpha value is -3.26. The molecule has 1 amide bonds. The number of amides is 1. The van der Waals surface area contributed by atoms with E-state index in [4.69, 9.17) is 4.98 Å². The Labute approximate surface area is 197 Å². The Balaban J connectivity index is 1.32. The molecule has 8 heteroatoms. The van der Waals surface area contributed by atoms with Crippen molar-refractivity contribution in [1.29, 1.82) is 0 Å². The number of aromatic amines is 1. The number of nitrogens with zero attached hydrogens (tertiary/aromatic N) is 4. The summed E-state index contributed by atoms with van der Waals surface area (Å²) in [5.41, 5.74) is 5.47. The topological polar surface area (TPSA) is 86.8 Å². The van der Waals surface area contributed by atoms with Crippen LogP contribution in [0.15, 0.2) is 36.5 Å². The van der Waals surface area contributed by atoms with Crippen molar-refractivity contribution in [2.24, 2.45) is 0 Å². The molecule has 0 saturated carbocycles. The number of pyridine rings is 1. The first kappa shape index (κ1) is 21.6. The van der Waals surface area contributed by atoms with Gasteiger partial charge in [0, 0.05) is 52.5 Å². The monoisotopic (exact) mass is 460 g/mol. The number of aromatic nitrogens is 4. The second kappa shape index (κ2) is 8.94. The van der Waals surface area contributed by atoms with Crippen LogP contribution < -0.4 is 5.32 Å². The van der Waals surface area contributed by atoms with Crippen molar-refractivity contribution in [3.63, 3.8) is 0 Å². The van der Waals surface area contributed by atoms with Crippen LogP contribution in [-0.2, 0) is 6.42 Å². The lowest BCUT2D eigenvalue weighted by Gasteiger charge is -2.16. The van der Waals surface area contributed by atoms with Crippen molar-refractivity contribution in [3.05, 3.63) is 64.1 Å². The van der Waals surface area contributed by atoms with E-state index in [-0.39, 0.29) is 11.8 Å². The number of rotatable bonds is 6. The second-order valence-electron chi connectivity index (χ2n) is 8.79. The lowest BCUT2D eigenvalue weighted by Crippen LogP contribution is -2.29. The summed E-state index contributed by atoms with van der Waals surface area (Å²) >= 11 is 1.70. The normalized spacial score (nSPS) is 16.0. The Bertz CT molecular complexity index is 1310. The number of hydrogen-bond donors (Lipinski definition) is 2. The molecule has 0 spiro atoms. The number of aryl methyl sites for hydroxylation is 3. The van der Waals surface area contributed by atoms with Gasteiger partial charge in [0.15, 0.2) is 10.8 Å². The summed E-state index contributed by atoms with van der Waals surface area (Å²) in [5.74, 6) is 0.180. The maximum atomic E-state index is 13.2. The number of nitrogens with one attached hydrogen (secondary N) is 2. The highest BCUT2D eigenvalue weighted by Gasteiger charge is 2.31. The fraction of sp³-hybridized carbons (Fsp3) is 0.360. The van der Waals surface area contributed by atoms with Crippen LogP contribution in [0, 0.1) is 13.8 Å². The lowest BCUT2D eigenvalue weighted by atomic mass is 10.0. The third-order valence-electron chi connectivity index (χ3n) is 6.09. The number of benzene rings is 1. The first-order valence-electron chi connectivity index (χ1n) is 11.4. The smallest absolute Gasteiger partial charge is 0.275 e. The fourth-order valence-corrected chi connectivity index (χ4v) is 5.39. The summed E-state index contributed by atoms with van der Waals surface area (Å²) < 4.78 is 0. The molecular weight excluding hydrogens is 432 g/mol. The van der Waals surface area contributed by atoms with Gasteiger partial charge in [-0.1, -0.05) is 25.0 Å². The highest BCUT2D eigenvalue weighted by molar-refractivity contribution is 7.15. The van der Waals surface area contributed by atoms with Crippen LogP contribution in [0.5, 0.6) is 0 Å². The maximum Gasteiger partial charge on any atom is 0.275 e. The Kier molecular flexibility index (Phi) is 5.85. The van der Waals surface area contributed by atoms with Crippen LogP contribution in [0.25, 0.3) is 10.9 Å². The molecule has 5 rings (SSSR count). The number of carbonyl (C=O) groups excluding carboxylic acids is 1. The van der Waals surface area contributed by atoms with E-state index in [1.54, 1.807) is 11.3 Å². The molecule has 3 aromatic heterocycles. The van der Waals surface area contributed by atoms with E-state index in [0.717, 1.165) is 57.9 Å². The standard InChI is InChI=1S/C25H28N6OS/c1-4-5-19-13-26-25(33-19)28-18-11-16(3)27-22(12-18)17-8-9-31(14-17)24(32)23-20-10-15(2)6-7-21(20)29-30-23/h6-7,10-13,17H,4-5,8-9,14H2,1-3H3,(H,29,30)(H,26,27,28)/t17-/m0/s1. The van der Waals surface area contributed by atoms with Gasteiger partial charge in [0.05, 0.1) is 5.52 Å². The molecule has 1 aromatic carbocycles. The Morgan fingerprint density at radius 2 is 2.15 bits per heavy atom. The van der Waals surface area contributed by atoms with E-state index >= 15 is 0 Å².